The number of fused-ring (bicyclic) bond motifs is 1. The Labute approximate surface area is 215 Å². The molecule has 0 spiro atoms. The van der Waals surface area contributed by atoms with Crippen molar-refractivity contribution in [2.75, 3.05) is 27.4 Å². The van der Waals surface area contributed by atoms with Crippen LogP contribution < -0.4 is 14.2 Å². The van der Waals surface area contributed by atoms with Crippen molar-refractivity contribution in [3.8, 4) is 23.0 Å². The fraction of sp³-hybridized carbons (Fsp3) is 0.464. The number of benzene rings is 2. The Morgan fingerprint density at radius 1 is 1.11 bits per heavy atom. The normalized spacial score (nSPS) is 17.6. The average molecular weight is 515 g/mol. The smallest absolute Gasteiger partial charge is 0.330 e. The molecule has 0 bridgehead atoms. The van der Waals surface area contributed by atoms with E-state index in [1.165, 1.54) is 13.2 Å². The van der Waals surface area contributed by atoms with Crippen LogP contribution in [-0.2, 0) is 14.0 Å². The van der Waals surface area contributed by atoms with Gasteiger partial charge in [0.15, 0.2) is 31.3 Å². The van der Waals surface area contributed by atoms with Crippen molar-refractivity contribution in [1.82, 2.24) is 0 Å². The maximum atomic E-state index is 11.9. The second-order valence-electron chi connectivity index (χ2n) is 10.4. The molecule has 0 fully saturated rings. The van der Waals surface area contributed by atoms with Crippen molar-refractivity contribution in [3.05, 3.63) is 53.1 Å². The van der Waals surface area contributed by atoms with Crippen molar-refractivity contribution in [2.24, 2.45) is 0 Å². The highest BCUT2D eigenvalue weighted by atomic mass is 28.4. The van der Waals surface area contributed by atoms with Gasteiger partial charge in [-0.3, -0.25) is 0 Å². The third kappa shape index (κ3) is 5.87. The average Bonchev–Trinajstić information content (AvgIpc) is 3.19. The van der Waals surface area contributed by atoms with Crippen LogP contribution in [0.2, 0.25) is 18.1 Å². The fourth-order valence-electron chi connectivity index (χ4n) is 3.89. The highest BCUT2D eigenvalue weighted by molar-refractivity contribution is 6.74. The molecule has 1 aliphatic heterocycles. The van der Waals surface area contributed by atoms with Crippen LogP contribution in [0.3, 0.4) is 0 Å². The van der Waals surface area contributed by atoms with Gasteiger partial charge >= 0.3 is 5.97 Å². The maximum absolute atomic E-state index is 11.9. The van der Waals surface area contributed by atoms with E-state index in [4.69, 9.17) is 23.4 Å². The number of esters is 1. The number of hydrogen-bond donors (Lipinski definition) is 1. The first-order valence-electron chi connectivity index (χ1n) is 12.2. The molecule has 2 atom stereocenters. The van der Waals surface area contributed by atoms with E-state index in [1.54, 1.807) is 32.2 Å². The molecule has 0 saturated heterocycles. The molecule has 196 valence electrons. The van der Waals surface area contributed by atoms with Gasteiger partial charge in [0.2, 0.25) is 0 Å². The zero-order valence-electron chi connectivity index (χ0n) is 22.5. The van der Waals surface area contributed by atoms with Crippen LogP contribution in [0, 0.1) is 0 Å². The van der Waals surface area contributed by atoms with Crippen LogP contribution in [-0.4, -0.2) is 46.8 Å². The fourth-order valence-corrected chi connectivity index (χ4v) is 4.91. The quantitative estimate of drug-likeness (QED) is 0.241. The lowest BCUT2D eigenvalue weighted by Gasteiger charge is -2.37. The first kappa shape index (κ1) is 27.6. The number of ether oxygens (including phenoxy) is 4. The van der Waals surface area contributed by atoms with E-state index in [2.05, 4.69) is 33.9 Å². The zero-order valence-corrected chi connectivity index (χ0v) is 23.5. The van der Waals surface area contributed by atoms with Crippen molar-refractivity contribution >= 4 is 20.4 Å². The lowest BCUT2D eigenvalue weighted by molar-refractivity contribution is -0.137. The summed E-state index contributed by atoms with van der Waals surface area (Å²) in [5, 5.41) is 10.2. The minimum atomic E-state index is -2.05. The first-order valence-corrected chi connectivity index (χ1v) is 15.1. The molecule has 0 saturated carbocycles. The van der Waals surface area contributed by atoms with Crippen molar-refractivity contribution in [3.63, 3.8) is 0 Å². The molecule has 7 nitrogen and oxygen atoms in total. The third-order valence-corrected chi connectivity index (χ3v) is 11.5. The summed E-state index contributed by atoms with van der Waals surface area (Å²) in [6.07, 6.45) is 2.74. The largest absolute Gasteiger partial charge is 0.504 e. The van der Waals surface area contributed by atoms with Gasteiger partial charge in [0.25, 0.3) is 0 Å². The molecular weight excluding hydrogens is 476 g/mol. The van der Waals surface area contributed by atoms with Crippen LogP contribution >= 0.6 is 0 Å². The van der Waals surface area contributed by atoms with E-state index >= 15 is 0 Å². The van der Waals surface area contributed by atoms with E-state index in [0.29, 0.717) is 30.5 Å². The molecule has 8 heteroatoms. The summed E-state index contributed by atoms with van der Waals surface area (Å²) in [5.41, 5.74) is 2.59. The molecule has 36 heavy (non-hydrogen) atoms. The minimum absolute atomic E-state index is 0.0501. The topological polar surface area (TPSA) is 83.5 Å². The number of phenolic OH excluding ortho intramolecular Hbond substituents is 1. The molecule has 1 aliphatic rings. The number of rotatable bonds is 9. The lowest BCUT2D eigenvalue weighted by Crippen LogP contribution is -2.42. The number of methoxy groups -OCH3 is 2. The van der Waals surface area contributed by atoms with Gasteiger partial charge in [-0.15, -0.1) is 0 Å². The summed E-state index contributed by atoms with van der Waals surface area (Å²) in [6, 6.07) is 9.07. The number of hydrogen-bond acceptors (Lipinski definition) is 7. The van der Waals surface area contributed by atoms with Crippen molar-refractivity contribution in [1.29, 1.82) is 0 Å². The monoisotopic (exact) mass is 514 g/mol. The molecule has 2 aromatic carbocycles. The summed E-state index contributed by atoms with van der Waals surface area (Å²) in [4.78, 5) is 11.9. The Morgan fingerprint density at radius 2 is 1.81 bits per heavy atom. The molecule has 0 aliphatic carbocycles. The molecule has 0 radical (unpaired) electrons. The Balaban J connectivity index is 2.06. The zero-order chi connectivity index (χ0) is 26.7. The highest BCUT2D eigenvalue weighted by Crippen LogP contribution is 2.52. The van der Waals surface area contributed by atoms with Crippen LogP contribution in [0.5, 0.6) is 23.0 Å². The Bertz CT molecular complexity index is 1120. The van der Waals surface area contributed by atoms with Gasteiger partial charge in [-0.1, -0.05) is 26.8 Å². The number of carbonyl (C=O) groups excluding carboxylic acids is 1. The summed E-state index contributed by atoms with van der Waals surface area (Å²) in [6.45, 7) is 13.6. The van der Waals surface area contributed by atoms with Gasteiger partial charge in [0.05, 0.1) is 26.7 Å². The summed E-state index contributed by atoms with van der Waals surface area (Å²) < 4.78 is 29.2. The van der Waals surface area contributed by atoms with Gasteiger partial charge in [-0.25, -0.2) is 4.79 Å². The molecule has 2 aromatic rings. The molecular formula is C28H38O7Si. The summed E-state index contributed by atoms with van der Waals surface area (Å²) >= 11 is 0. The second kappa shape index (κ2) is 11.0. The Hall–Kier alpha value is -2.97. The summed E-state index contributed by atoms with van der Waals surface area (Å²) in [7, 11) is 1.06. The third-order valence-electron chi connectivity index (χ3n) is 7.00. The lowest BCUT2D eigenvalue weighted by atomic mass is 9.90. The number of phenols is 1. The van der Waals surface area contributed by atoms with Crippen LogP contribution in [0.1, 0.15) is 56.4 Å². The van der Waals surface area contributed by atoms with Gasteiger partial charge < -0.3 is 28.5 Å². The van der Waals surface area contributed by atoms with E-state index < -0.39 is 14.3 Å². The summed E-state index contributed by atoms with van der Waals surface area (Å²) in [5.74, 6) is 1.11. The predicted octanol–water partition coefficient (Wildman–Crippen LogP) is 6.22. The second-order valence-corrected chi connectivity index (χ2v) is 15.2. The molecule has 0 unspecified atom stereocenters. The van der Waals surface area contributed by atoms with E-state index in [0.717, 1.165) is 16.7 Å². The Kier molecular flexibility index (Phi) is 8.41. The van der Waals surface area contributed by atoms with Gasteiger partial charge in [-0.2, -0.15) is 0 Å². The minimum Gasteiger partial charge on any atom is -0.504 e. The highest BCUT2D eigenvalue weighted by Gasteiger charge is 2.42. The van der Waals surface area contributed by atoms with Crippen molar-refractivity contribution < 1.29 is 33.3 Å². The number of carbonyl (C=O) groups is 1. The van der Waals surface area contributed by atoms with E-state index in [-0.39, 0.29) is 22.8 Å². The maximum Gasteiger partial charge on any atom is 0.330 e. The Morgan fingerprint density at radius 3 is 2.42 bits per heavy atom. The molecule has 0 amide bonds. The van der Waals surface area contributed by atoms with Crippen LogP contribution in [0.15, 0.2) is 36.4 Å². The van der Waals surface area contributed by atoms with E-state index in [1.807, 2.05) is 18.2 Å². The van der Waals surface area contributed by atoms with Gasteiger partial charge in [0.1, 0.15) is 6.10 Å². The van der Waals surface area contributed by atoms with Gasteiger partial charge in [-0.05, 0) is 66.5 Å². The number of aromatic hydroxyl groups is 1. The van der Waals surface area contributed by atoms with Crippen LogP contribution in [0.4, 0.5) is 0 Å². The SMILES string of the molecule is CCOC(=O)/C=C/c1cc(OC)c2c(c1)[C@H](CO[Si](C)(C)C(C)(C)C)[C@@H](c1ccc(O)c(OC)c1)O2. The standard InChI is InChI=1S/C28H38O7Si/c1-9-33-25(30)13-10-18-14-20-21(17-34-36(7,8)28(2,3)4)26(35-27(20)24(15-18)32-6)19-11-12-22(29)23(16-19)31-5/h10-16,21,26,29H,9,17H2,1-8H3/b13-10+/t21-,26+/m0/s1. The van der Waals surface area contributed by atoms with Gasteiger partial charge in [0, 0.05) is 18.2 Å². The van der Waals surface area contributed by atoms with Crippen LogP contribution in [0.25, 0.3) is 6.08 Å². The molecule has 1 N–H and O–H groups in total. The van der Waals surface area contributed by atoms with E-state index in [9.17, 15) is 9.90 Å². The first-order chi connectivity index (χ1) is 16.9. The molecule has 1 heterocycles. The van der Waals surface area contributed by atoms with Crippen molar-refractivity contribution in [2.45, 2.75) is 57.8 Å². The molecule has 0 aromatic heterocycles. The predicted molar refractivity (Wildman–Crippen MR) is 143 cm³/mol. The molecule has 3 rings (SSSR count).